The van der Waals surface area contributed by atoms with Gasteiger partial charge in [0, 0.05) is 17.7 Å². The van der Waals surface area contributed by atoms with E-state index < -0.39 is 5.97 Å². The highest BCUT2D eigenvalue weighted by atomic mass is 16.5. The van der Waals surface area contributed by atoms with E-state index in [1.165, 1.54) is 6.08 Å². The molecule has 138 valence electrons. The van der Waals surface area contributed by atoms with Crippen LogP contribution in [0.4, 0.5) is 0 Å². The van der Waals surface area contributed by atoms with Crippen LogP contribution in [0.1, 0.15) is 5.56 Å². The van der Waals surface area contributed by atoms with Crippen LogP contribution in [0.5, 0.6) is 17.2 Å². The molecular weight excluding hydrogens is 344 g/mol. The summed E-state index contributed by atoms with van der Waals surface area (Å²) in [5.41, 5.74) is 0.656. The molecule has 0 spiro atoms. The molecule has 0 bridgehead atoms. The normalized spacial score (nSPS) is 10.9. The fraction of sp³-hybridized carbons (Fsp3) is 0.136. The maximum atomic E-state index is 10.7. The highest BCUT2D eigenvalue weighted by molar-refractivity contribution is 5.86. The van der Waals surface area contributed by atoms with Crippen LogP contribution < -0.4 is 14.2 Å². The second-order valence-electron chi connectivity index (χ2n) is 5.78. The first-order valence-corrected chi connectivity index (χ1v) is 8.49. The molecule has 5 nitrogen and oxygen atoms in total. The van der Waals surface area contributed by atoms with Gasteiger partial charge < -0.3 is 19.3 Å². The summed E-state index contributed by atoms with van der Waals surface area (Å²) in [6.07, 6.45) is 2.56. The molecule has 3 aromatic carbocycles. The number of methoxy groups -OCH3 is 1. The van der Waals surface area contributed by atoms with Gasteiger partial charge >= 0.3 is 5.97 Å². The standard InChI is InChI=1S/C22H20O5/c1-25-19-9-7-17(8-11-22(23)24)21(15-19)27-13-12-26-20-10-6-16-4-2-3-5-18(16)14-20/h2-11,14-15H,12-13H2,1H3,(H,23,24). The lowest BCUT2D eigenvalue weighted by atomic mass is 10.1. The Labute approximate surface area is 157 Å². The molecule has 0 saturated carbocycles. The molecule has 0 aliphatic rings. The van der Waals surface area contributed by atoms with Crippen molar-refractivity contribution in [1.82, 2.24) is 0 Å². The van der Waals surface area contributed by atoms with Gasteiger partial charge in [-0.15, -0.1) is 0 Å². The highest BCUT2D eigenvalue weighted by Crippen LogP contribution is 2.26. The van der Waals surface area contributed by atoms with Crippen molar-refractivity contribution in [3.8, 4) is 17.2 Å². The average molecular weight is 364 g/mol. The van der Waals surface area contributed by atoms with Crippen molar-refractivity contribution < 1.29 is 24.1 Å². The Morgan fingerprint density at radius 2 is 1.67 bits per heavy atom. The first kappa shape index (κ1) is 18.3. The minimum atomic E-state index is -1.02. The predicted octanol–water partition coefficient (Wildman–Crippen LogP) is 4.40. The molecule has 0 heterocycles. The van der Waals surface area contributed by atoms with Crippen molar-refractivity contribution in [1.29, 1.82) is 0 Å². The number of ether oxygens (including phenoxy) is 3. The molecule has 0 atom stereocenters. The van der Waals surface area contributed by atoms with E-state index in [9.17, 15) is 4.79 Å². The number of carbonyl (C=O) groups is 1. The predicted molar refractivity (Wildman–Crippen MR) is 105 cm³/mol. The van der Waals surface area contributed by atoms with Gasteiger partial charge in [-0.2, -0.15) is 0 Å². The Morgan fingerprint density at radius 1 is 0.926 bits per heavy atom. The Balaban J connectivity index is 1.62. The van der Waals surface area contributed by atoms with Gasteiger partial charge in [-0.3, -0.25) is 0 Å². The molecular formula is C22H20O5. The summed E-state index contributed by atoms with van der Waals surface area (Å²) in [4.78, 5) is 10.7. The fourth-order valence-electron chi connectivity index (χ4n) is 2.63. The van der Waals surface area contributed by atoms with Crippen LogP contribution in [0.25, 0.3) is 16.8 Å². The lowest BCUT2D eigenvalue weighted by molar-refractivity contribution is -0.131. The summed E-state index contributed by atoms with van der Waals surface area (Å²) < 4.78 is 16.7. The minimum Gasteiger partial charge on any atom is -0.497 e. The van der Waals surface area contributed by atoms with Gasteiger partial charge in [-0.25, -0.2) is 4.79 Å². The van der Waals surface area contributed by atoms with Crippen molar-refractivity contribution in [3.05, 3.63) is 72.3 Å². The van der Waals surface area contributed by atoms with Gasteiger partial charge in [0.2, 0.25) is 0 Å². The average Bonchev–Trinajstić information content (AvgIpc) is 2.69. The third kappa shape index (κ3) is 5.01. The van der Waals surface area contributed by atoms with Gasteiger partial charge in [0.15, 0.2) is 0 Å². The van der Waals surface area contributed by atoms with E-state index in [0.717, 1.165) is 22.6 Å². The van der Waals surface area contributed by atoms with Gasteiger partial charge in [0.1, 0.15) is 30.5 Å². The van der Waals surface area contributed by atoms with Crippen LogP contribution >= 0.6 is 0 Å². The largest absolute Gasteiger partial charge is 0.497 e. The monoisotopic (exact) mass is 364 g/mol. The van der Waals surface area contributed by atoms with Crippen LogP contribution in [-0.4, -0.2) is 31.4 Å². The SMILES string of the molecule is COc1ccc(C=CC(=O)O)c(OCCOc2ccc3ccccc3c2)c1. The van der Waals surface area contributed by atoms with Crippen molar-refractivity contribution in [3.63, 3.8) is 0 Å². The highest BCUT2D eigenvalue weighted by Gasteiger charge is 2.05. The molecule has 27 heavy (non-hydrogen) atoms. The smallest absolute Gasteiger partial charge is 0.328 e. The minimum absolute atomic E-state index is 0.313. The molecule has 0 saturated heterocycles. The number of benzene rings is 3. The Morgan fingerprint density at radius 3 is 2.44 bits per heavy atom. The number of hydrogen-bond donors (Lipinski definition) is 1. The van der Waals surface area contributed by atoms with E-state index in [4.69, 9.17) is 19.3 Å². The summed E-state index contributed by atoms with van der Waals surface area (Å²) in [6.45, 7) is 0.672. The van der Waals surface area contributed by atoms with Crippen molar-refractivity contribution in [2.75, 3.05) is 20.3 Å². The van der Waals surface area contributed by atoms with Crippen LogP contribution in [0, 0.1) is 0 Å². The Bertz CT molecular complexity index is 962. The number of rotatable bonds is 8. The molecule has 0 aliphatic carbocycles. The maximum absolute atomic E-state index is 10.7. The molecule has 1 N–H and O–H groups in total. The molecule has 0 unspecified atom stereocenters. The number of aliphatic carboxylic acids is 1. The van der Waals surface area contributed by atoms with E-state index in [2.05, 4.69) is 6.07 Å². The van der Waals surface area contributed by atoms with E-state index in [-0.39, 0.29) is 0 Å². The van der Waals surface area contributed by atoms with Crippen LogP contribution in [-0.2, 0) is 4.79 Å². The Hall–Kier alpha value is -3.47. The van der Waals surface area contributed by atoms with Crippen LogP contribution in [0.3, 0.4) is 0 Å². The summed E-state index contributed by atoms with van der Waals surface area (Å²) >= 11 is 0. The van der Waals surface area contributed by atoms with Crippen molar-refractivity contribution in [2.45, 2.75) is 0 Å². The van der Waals surface area contributed by atoms with Crippen LogP contribution in [0.15, 0.2) is 66.7 Å². The second kappa shape index (κ2) is 8.76. The van der Waals surface area contributed by atoms with E-state index >= 15 is 0 Å². The molecule has 0 aromatic heterocycles. The second-order valence-corrected chi connectivity index (χ2v) is 5.78. The fourth-order valence-corrected chi connectivity index (χ4v) is 2.63. The third-order valence-corrected chi connectivity index (χ3v) is 3.96. The van der Waals surface area contributed by atoms with E-state index in [0.29, 0.717) is 30.3 Å². The maximum Gasteiger partial charge on any atom is 0.328 e. The van der Waals surface area contributed by atoms with Gasteiger partial charge in [-0.05, 0) is 41.1 Å². The molecule has 3 rings (SSSR count). The summed E-state index contributed by atoms with van der Waals surface area (Å²) in [5, 5.41) is 11.1. The van der Waals surface area contributed by atoms with Crippen LogP contribution in [0.2, 0.25) is 0 Å². The molecule has 0 fully saturated rings. The van der Waals surface area contributed by atoms with Crippen molar-refractivity contribution in [2.24, 2.45) is 0 Å². The van der Waals surface area contributed by atoms with Gasteiger partial charge in [-0.1, -0.05) is 30.3 Å². The van der Waals surface area contributed by atoms with Gasteiger partial charge in [0.05, 0.1) is 7.11 Å². The summed E-state index contributed by atoms with van der Waals surface area (Å²) in [7, 11) is 1.56. The zero-order valence-electron chi connectivity index (χ0n) is 14.9. The first-order chi connectivity index (χ1) is 13.2. The summed E-state index contributed by atoms with van der Waals surface area (Å²) in [5.74, 6) is 0.923. The molecule has 0 amide bonds. The van der Waals surface area contributed by atoms with E-state index in [1.807, 2.05) is 36.4 Å². The Kier molecular flexibility index (Phi) is 5.94. The van der Waals surface area contributed by atoms with E-state index in [1.54, 1.807) is 25.3 Å². The quantitative estimate of drug-likeness (QED) is 0.474. The van der Waals surface area contributed by atoms with Gasteiger partial charge in [0.25, 0.3) is 0 Å². The number of carboxylic acids is 1. The number of carboxylic acid groups (broad SMARTS) is 1. The lowest BCUT2D eigenvalue weighted by Crippen LogP contribution is -2.09. The first-order valence-electron chi connectivity index (χ1n) is 8.49. The lowest BCUT2D eigenvalue weighted by Gasteiger charge is -2.12. The molecule has 5 heteroatoms. The topological polar surface area (TPSA) is 65.0 Å². The van der Waals surface area contributed by atoms with Crippen molar-refractivity contribution >= 4 is 22.8 Å². The zero-order chi connectivity index (χ0) is 19.1. The zero-order valence-corrected chi connectivity index (χ0v) is 14.9. The molecule has 3 aromatic rings. The summed E-state index contributed by atoms with van der Waals surface area (Å²) in [6, 6.07) is 19.2. The number of hydrogen-bond acceptors (Lipinski definition) is 4. The number of fused-ring (bicyclic) bond motifs is 1. The molecule has 0 radical (unpaired) electrons. The third-order valence-electron chi connectivity index (χ3n) is 3.96. The molecule has 0 aliphatic heterocycles.